The number of oxazole rings is 1. The lowest BCUT2D eigenvalue weighted by atomic mass is 10.1. The maximum atomic E-state index is 12.4. The van der Waals surface area contributed by atoms with Crippen LogP contribution in [0.4, 0.5) is 0 Å². The first-order chi connectivity index (χ1) is 11.6. The van der Waals surface area contributed by atoms with Crippen LogP contribution in [0.25, 0.3) is 0 Å². The second kappa shape index (κ2) is 6.79. The molecule has 1 fully saturated rings. The number of pyridine rings is 1. The van der Waals surface area contributed by atoms with E-state index in [4.69, 9.17) is 9.15 Å². The number of nitrogens with one attached hydrogen (secondary N) is 1. The van der Waals surface area contributed by atoms with E-state index in [0.717, 1.165) is 0 Å². The van der Waals surface area contributed by atoms with Gasteiger partial charge in [0, 0.05) is 26.7 Å². The van der Waals surface area contributed by atoms with Crippen LogP contribution in [0, 0.1) is 6.92 Å². The molecule has 1 N–H and O–H groups in total. The van der Waals surface area contributed by atoms with Crippen molar-refractivity contribution in [2.24, 2.45) is 0 Å². The van der Waals surface area contributed by atoms with Gasteiger partial charge in [0.05, 0.1) is 24.4 Å². The van der Waals surface area contributed by atoms with Crippen molar-refractivity contribution in [3.8, 4) is 0 Å². The largest absolute Gasteiger partial charge is 0.448 e. The Hall–Kier alpha value is -2.74. The van der Waals surface area contributed by atoms with Gasteiger partial charge in [0.2, 0.25) is 0 Å². The second-order valence-electron chi connectivity index (χ2n) is 5.41. The van der Waals surface area contributed by atoms with Crippen molar-refractivity contribution in [3.05, 3.63) is 47.4 Å². The van der Waals surface area contributed by atoms with Crippen molar-refractivity contribution in [2.45, 2.75) is 13.0 Å². The molecule has 0 aromatic carbocycles. The van der Waals surface area contributed by atoms with Gasteiger partial charge in [-0.3, -0.25) is 14.6 Å². The maximum Gasteiger partial charge on any atom is 0.275 e. The minimum absolute atomic E-state index is 0.192. The highest BCUT2D eigenvalue weighted by molar-refractivity contribution is 5.93. The summed E-state index contributed by atoms with van der Waals surface area (Å²) >= 11 is 0. The topological polar surface area (TPSA) is 97.6 Å². The van der Waals surface area contributed by atoms with Gasteiger partial charge < -0.3 is 19.4 Å². The Morgan fingerprint density at radius 1 is 1.38 bits per heavy atom. The molecule has 1 atom stereocenters. The maximum absolute atomic E-state index is 12.4. The van der Waals surface area contributed by atoms with Crippen LogP contribution in [0.1, 0.15) is 38.5 Å². The van der Waals surface area contributed by atoms with E-state index in [1.807, 2.05) is 0 Å². The third kappa shape index (κ3) is 3.28. The van der Waals surface area contributed by atoms with Crippen molar-refractivity contribution in [1.82, 2.24) is 20.2 Å². The zero-order valence-electron chi connectivity index (χ0n) is 13.5. The van der Waals surface area contributed by atoms with E-state index in [9.17, 15) is 9.59 Å². The van der Waals surface area contributed by atoms with Crippen LogP contribution >= 0.6 is 0 Å². The van der Waals surface area contributed by atoms with Crippen molar-refractivity contribution in [2.75, 3.05) is 26.7 Å². The zero-order chi connectivity index (χ0) is 17.1. The number of rotatable bonds is 3. The summed E-state index contributed by atoms with van der Waals surface area (Å²) in [4.78, 5) is 34.0. The smallest absolute Gasteiger partial charge is 0.275 e. The molecule has 0 aliphatic carbocycles. The Bertz CT molecular complexity index is 741. The Kier molecular flexibility index (Phi) is 4.57. The monoisotopic (exact) mass is 330 g/mol. The van der Waals surface area contributed by atoms with E-state index in [0.29, 0.717) is 36.8 Å². The van der Waals surface area contributed by atoms with Crippen LogP contribution in [-0.2, 0) is 4.74 Å². The second-order valence-corrected chi connectivity index (χ2v) is 5.41. The Morgan fingerprint density at radius 2 is 2.21 bits per heavy atom. The molecule has 2 amide bonds. The normalized spacial score (nSPS) is 17.6. The standard InChI is InChI=1S/C16H18N4O4/c1-10-19-13(9-24-10)16(22)20-5-6-23-14(8-20)12-4-3-11(7-18-12)15(21)17-2/h3-4,7,9,14H,5-6,8H2,1-2H3,(H,17,21). The molecular formula is C16H18N4O4. The molecule has 3 heterocycles. The predicted molar refractivity (Wildman–Crippen MR) is 83.5 cm³/mol. The molecule has 0 saturated carbocycles. The highest BCUT2D eigenvalue weighted by Crippen LogP contribution is 2.22. The van der Waals surface area contributed by atoms with Crippen molar-refractivity contribution in [3.63, 3.8) is 0 Å². The van der Waals surface area contributed by atoms with Crippen molar-refractivity contribution in [1.29, 1.82) is 0 Å². The van der Waals surface area contributed by atoms with E-state index in [1.165, 1.54) is 12.5 Å². The molecule has 1 aliphatic rings. The number of nitrogens with zero attached hydrogens (tertiary/aromatic N) is 3. The molecule has 2 aromatic heterocycles. The van der Waals surface area contributed by atoms with Gasteiger partial charge in [0.25, 0.3) is 11.8 Å². The Morgan fingerprint density at radius 3 is 2.83 bits per heavy atom. The van der Waals surface area contributed by atoms with Gasteiger partial charge in [-0.25, -0.2) is 4.98 Å². The lowest BCUT2D eigenvalue weighted by Crippen LogP contribution is -2.42. The van der Waals surface area contributed by atoms with Crippen LogP contribution in [0.5, 0.6) is 0 Å². The number of hydrogen-bond acceptors (Lipinski definition) is 6. The first-order valence-corrected chi connectivity index (χ1v) is 7.59. The van der Waals surface area contributed by atoms with E-state index >= 15 is 0 Å². The van der Waals surface area contributed by atoms with Crippen LogP contribution in [0.2, 0.25) is 0 Å². The number of ether oxygens (including phenoxy) is 1. The Balaban J connectivity index is 1.71. The van der Waals surface area contributed by atoms with Gasteiger partial charge in [-0.05, 0) is 12.1 Å². The molecule has 1 aliphatic heterocycles. The van der Waals surface area contributed by atoms with Crippen LogP contribution < -0.4 is 5.32 Å². The van der Waals surface area contributed by atoms with Gasteiger partial charge in [-0.1, -0.05) is 0 Å². The fourth-order valence-corrected chi connectivity index (χ4v) is 2.51. The van der Waals surface area contributed by atoms with Crippen LogP contribution in [0.3, 0.4) is 0 Å². The van der Waals surface area contributed by atoms with E-state index in [-0.39, 0.29) is 23.6 Å². The third-order valence-corrected chi connectivity index (χ3v) is 3.80. The van der Waals surface area contributed by atoms with Gasteiger partial charge >= 0.3 is 0 Å². The summed E-state index contributed by atoms with van der Waals surface area (Å²) in [5, 5.41) is 2.54. The quantitative estimate of drug-likeness (QED) is 0.900. The van der Waals surface area contributed by atoms with E-state index < -0.39 is 0 Å². The summed E-state index contributed by atoms with van der Waals surface area (Å²) in [5.41, 5.74) is 1.44. The summed E-state index contributed by atoms with van der Waals surface area (Å²) in [6.45, 7) is 2.96. The highest BCUT2D eigenvalue weighted by Gasteiger charge is 2.28. The van der Waals surface area contributed by atoms with Gasteiger partial charge in [-0.15, -0.1) is 0 Å². The van der Waals surface area contributed by atoms with Gasteiger partial charge in [0.1, 0.15) is 12.4 Å². The summed E-state index contributed by atoms with van der Waals surface area (Å²) in [6.07, 6.45) is 2.52. The van der Waals surface area contributed by atoms with Crippen molar-refractivity contribution < 1.29 is 18.7 Å². The molecule has 8 nitrogen and oxygen atoms in total. The van der Waals surface area contributed by atoms with E-state index in [1.54, 1.807) is 31.0 Å². The highest BCUT2D eigenvalue weighted by atomic mass is 16.5. The van der Waals surface area contributed by atoms with Crippen LogP contribution in [0.15, 0.2) is 29.0 Å². The van der Waals surface area contributed by atoms with Crippen molar-refractivity contribution >= 4 is 11.8 Å². The number of aromatic nitrogens is 2. The molecule has 24 heavy (non-hydrogen) atoms. The first-order valence-electron chi connectivity index (χ1n) is 7.59. The molecule has 1 saturated heterocycles. The fourth-order valence-electron chi connectivity index (χ4n) is 2.51. The lowest BCUT2D eigenvalue weighted by molar-refractivity contribution is -0.0249. The lowest BCUT2D eigenvalue weighted by Gasteiger charge is -2.32. The first kappa shape index (κ1) is 16.1. The average Bonchev–Trinajstić information content (AvgIpc) is 3.07. The number of carbonyl (C=O) groups excluding carboxylic acids is 2. The zero-order valence-corrected chi connectivity index (χ0v) is 13.5. The molecule has 8 heteroatoms. The predicted octanol–water partition coefficient (Wildman–Crippen LogP) is 0.951. The number of carbonyl (C=O) groups is 2. The molecular weight excluding hydrogens is 312 g/mol. The third-order valence-electron chi connectivity index (χ3n) is 3.80. The molecule has 126 valence electrons. The number of morpholine rings is 1. The summed E-state index contributed by atoms with van der Waals surface area (Å²) in [7, 11) is 1.57. The molecule has 2 aromatic rings. The number of amides is 2. The molecule has 0 bridgehead atoms. The molecule has 0 spiro atoms. The van der Waals surface area contributed by atoms with Crippen LogP contribution in [-0.4, -0.2) is 53.4 Å². The number of hydrogen-bond donors (Lipinski definition) is 1. The number of aryl methyl sites for hydroxylation is 1. The van der Waals surface area contributed by atoms with Gasteiger partial charge in [-0.2, -0.15) is 0 Å². The molecule has 0 radical (unpaired) electrons. The summed E-state index contributed by atoms with van der Waals surface area (Å²) < 4.78 is 10.8. The summed E-state index contributed by atoms with van der Waals surface area (Å²) in [6, 6.07) is 3.43. The summed E-state index contributed by atoms with van der Waals surface area (Å²) in [5.74, 6) is 0.0635. The minimum atomic E-state index is -0.338. The van der Waals surface area contributed by atoms with E-state index in [2.05, 4.69) is 15.3 Å². The fraction of sp³-hybridized carbons (Fsp3) is 0.375. The average molecular weight is 330 g/mol. The molecule has 1 unspecified atom stereocenters. The Labute approximate surface area is 138 Å². The SMILES string of the molecule is CNC(=O)c1ccc(C2CN(C(=O)c3coc(C)n3)CCO2)nc1. The molecule has 3 rings (SSSR count). The minimum Gasteiger partial charge on any atom is -0.448 e. The van der Waals surface area contributed by atoms with Gasteiger partial charge in [0.15, 0.2) is 11.6 Å².